The minimum atomic E-state index is -3.81. The second-order valence-electron chi connectivity index (χ2n) is 2.20. The molecule has 0 aliphatic heterocycles. The Hall–Kier alpha value is -1.27. The van der Waals surface area contributed by atoms with Crippen LogP contribution in [-0.4, -0.2) is 18.6 Å². The Morgan fingerprint density at radius 2 is 1.75 bits per heavy atom. The maximum absolute atomic E-state index is 10.7. The standard InChI is InChI=1S/C6H7NO4S/c7-12(10,11)4-1-2-5(8)6(9)3-4/h1-3,8-9H,(H2,7,10,11). The lowest BCUT2D eigenvalue weighted by atomic mass is 10.3. The van der Waals surface area contributed by atoms with Crippen LogP contribution < -0.4 is 5.14 Å². The minimum Gasteiger partial charge on any atom is -0.504 e. The number of nitrogens with two attached hydrogens (primary N) is 1. The first-order valence-electron chi connectivity index (χ1n) is 2.96. The topological polar surface area (TPSA) is 101 Å². The number of benzene rings is 1. The van der Waals surface area contributed by atoms with Gasteiger partial charge in [-0.3, -0.25) is 0 Å². The summed E-state index contributed by atoms with van der Waals surface area (Å²) in [5.41, 5.74) is 0. The molecule has 12 heavy (non-hydrogen) atoms. The highest BCUT2D eigenvalue weighted by molar-refractivity contribution is 7.89. The van der Waals surface area contributed by atoms with E-state index in [2.05, 4.69) is 0 Å². The quantitative estimate of drug-likeness (QED) is 0.530. The van der Waals surface area contributed by atoms with Crippen molar-refractivity contribution in [1.29, 1.82) is 0 Å². The van der Waals surface area contributed by atoms with Crippen molar-refractivity contribution in [1.82, 2.24) is 0 Å². The first-order chi connectivity index (χ1) is 5.41. The molecule has 0 radical (unpaired) electrons. The van der Waals surface area contributed by atoms with Crippen LogP contribution in [0.1, 0.15) is 0 Å². The highest BCUT2D eigenvalue weighted by Crippen LogP contribution is 2.26. The van der Waals surface area contributed by atoms with Crippen molar-refractivity contribution < 1.29 is 18.6 Å². The van der Waals surface area contributed by atoms with Gasteiger partial charge in [-0.25, -0.2) is 13.6 Å². The van der Waals surface area contributed by atoms with Crippen molar-refractivity contribution in [2.45, 2.75) is 4.90 Å². The zero-order chi connectivity index (χ0) is 9.35. The number of hydrogen-bond acceptors (Lipinski definition) is 4. The van der Waals surface area contributed by atoms with Gasteiger partial charge < -0.3 is 10.2 Å². The van der Waals surface area contributed by atoms with E-state index in [1.165, 1.54) is 0 Å². The Morgan fingerprint density at radius 3 is 2.17 bits per heavy atom. The van der Waals surface area contributed by atoms with Gasteiger partial charge in [0.15, 0.2) is 11.5 Å². The Balaban J connectivity index is 3.33. The molecule has 0 bridgehead atoms. The zero-order valence-corrected chi connectivity index (χ0v) is 6.75. The van der Waals surface area contributed by atoms with E-state index in [4.69, 9.17) is 15.4 Å². The Labute approximate surface area is 69.1 Å². The van der Waals surface area contributed by atoms with Gasteiger partial charge in [-0.05, 0) is 12.1 Å². The molecule has 0 amide bonds. The number of phenols is 2. The molecular weight excluding hydrogens is 182 g/mol. The van der Waals surface area contributed by atoms with Gasteiger partial charge in [-0.1, -0.05) is 0 Å². The van der Waals surface area contributed by atoms with Gasteiger partial charge >= 0.3 is 0 Å². The highest BCUT2D eigenvalue weighted by atomic mass is 32.2. The van der Waals surface area contributed by atoms with Crippen LogP contribution in [-0.2, 0) is 10.0 Å². The molecule has 6 heteroatoms. The maximum Gasteiger partial charge on any atom is 0.238 e. The first-order valence-corrected chi connectivity index (χ1v) is 4.50. The van der Waals surface area contributed by atoms with E-state index in [1.807, 2.05) is 0 Å². The summed E-state index contributed by atoms with van der Waals surface area (Å²) < 4.78 is 21.4. The molecule has 66 valence electrons. The van der Waals surface area contributed by atoms with Crippen LogP contribution in [0.25, 0.3) is 0 Å². The van der Waals surface area contributed by atoms with Gasteiger partial charge in [-0.2, -0.15) is 0 Å². The number of aromatic hydroxyl groups is 2. The van der Waals surface area contributed by atoms with Gasteiger partial charge in [-0.15, -0.1) is 0 Å². The third-order valence-corrected chi connectivity index (χ3v) is 2.19. The van der Waals surface area contributed by atoms with Crippen molar-refractivity contribution >= 4 is 10.0 Å². The van der Waals surface area contributed by atoms with Gasteiger partial charge in [0, 0.05) is 6.07 Å². The van der Waals surface area contributed by atoms with E-state index in [-0.39, 0.29) is 10.6 Å². The first kappa shape index (κ1) is 8.82. The van der Waals surface area contributed by atoms with E-state index in [0.717, 1.165) is 18.2 Å². The second kappa shape index (κ2) is 2.65. The lowest BCUT2D eigenvalue weighted by Crippen LogP contribution is -2.11. The predicted molar refractivity (Wildman–Crippen MR) is 41.1 cm³/mol. The van der Waals surface area contributed by atoms with E-state index in [9.17, 15) is 8.42 Å². The van der Waals surface area contributed by atoms with Gasteiger partial charge in [0.25, 0.3) is 0 Å². The molecule has 0 aliphatic rings. The van der Waals surface area contributed by atoms with Crippen LogP contribution in [0, 0.1) is 0 Å². The van der Waals surface area contributed by atoms with Crippen molar-refractivity contribution in [2.75, 3.05) is 0 Å². The molecule has 1 aromatic rings. The Bertz CT molecular complexity index is 398. The molecule has 0 fully saturated rings. The number of primary sulfonamides is 1. The average molecular weight is 189 g/mol. The number of hydrogen-bond donors (Lipinski definition) is 3. The van der Waals surface area contributed by atoms with Gasteiger partial charge in [0.05, 0.1) is 4.90 Å². The third kappa shape index (κ3) is 1.66. The molecule has 0 unspecified atom stereocenters. The molecule has 1 aromatic carbocycles. The van der Waals surface area contributed by atoms with Crippen molar-refractivity contribution in [3.05, 3.63) is 18.2 Å². The summed E-state index contributed by atoms with van der Waals surface area (Å²) in [5, 5.41) is 22.5. The van der Waals surface area contributed by atoms with Gasteiger partial charge in [0.2, 0.25) is 10.0 Å². The largest absolute Gasteiger partial charge is 0.504 e. The fraction of sp³-hybridized carbons (Fsp3) is 0. The van der Waals surface area contributed by atoms with Crippen LogP contribution >= 0.6 is 0 Å². The second-order valence-corrected chi connectivity index (χ2v) is 3.76. The summed E-state index contributed by atoms with van der Waals surface area (Å²) in [7, 11) is -3.81. The van der Waals surface area contributed by atoms with Crippen molar-refractivity contribution in [2.24, 2.45) is 5.14 Å². The molecule has 0 atom stereocenters. The minimum absolute atomic E-state index is 0.238. The smallest absolute Gasteiger partial charge is 0.238 e. The number of sulfonamides is 1. The molecule has 1 rings (SSSR count). The fourth-order valence-corrected chi connectivity index (χ4v) is 1.21. The summed E-state index contributed by atoms with van der Waals surface area (Å²) in [6, 6.07) is 3.03. The Kier molecular flexibility index (Phi) is 1.95. The monoisotopic (exact) mass is 189 g/mol. The predicted octanol–water partition coefficient (Wildman–Crippen LogP) is -0.255. The molecule has 0 spiro atoms. The molecule has 0 aromatic heterocycles. The van der Waals surface area contributed by atoms with Crippen molar-refractivity contribution in [3.8, 4) is 11.5 Å². The maximum atomic E-state index is 10.7. The molecular formula is C6H7NO4S. The normalized spacial score (nSPS) is 11.4. The summed E-state index contributed by atoms with van der Waals surface area (Å²) in [6.07, 6.45) is 0. The van der Waals surface area contributed by atoms with Gasteiger partial charge in [0.1, 0.15) is 0 Å². The molecule has 0 heterocycles. The number of rotatable bonds is 1. The van der Waals surface area contributed by atoms with Crippen LogP contribution in [0.2, 0.25) is 0 Å². The van der Waals surface area contributed by atoms with Crippen LogP contribution in [0.15, 0.2) is 23.1 Å². The summed E-state index contributed by atoms with van der Waals surface area (Å²) in [6.45, 7) is 0. The Morgan fingerprint density at radius 1 is 1.17 bits per heavy atom. The highest BCUT2D eigenvalue weighted by Gasteiger charge is 2.09. The molecule has 4 N–H and O–H groups in total. The zero-order valence-electron chi connectivity index (χ0n) is 5.93. The van der Waals surface area contributed by atoms with E-state index < -0.39 is 15.8 Å². The van der Waals surface area contributed by atoms with Crippen LogP contribution in [0.5, 0.6) is 11.5 Å². The fourth-order valence-electron chi connectivity index (χ4n) is 0.680. The van der Waals surface area contributed by atoms with E-state index >= 15 is 0 Å². The third-order valence-electron chi connectivity index (χ3n) is 1.28. The molecule has 0 aliphatic carbocycles. The SMILES string of the molecule is NS(=O)(=O)c1ccc(O)c(O)c1. The number of phenolic OH excluding ortho intramolecular Hbond substituents is 2. The summed E-state index contributed by atoms with van der Waals surface area (Å²) in [4.78, 5) is -0.238. The van der Waals surface area contributed by atoms with Crippen molar-refractivity contribution in [3.63, 3.8) is 0 Å². The lowest BCUT2D eigenvalue weighted by molar-refractivity contribution is 0.402. The lowest BCUT2D eigenvalue weighted by Gasteiger charge is -1.99. The molecule has 0 saturated carbocycles. The summed E-state index contributed by atoms with van der Waals surface area (Å²) >= 11 is 0. The van der Waals surface area contributed by atoms with E-state index in [1.54, 1.807) is 0 Å². The van der Waals surface area contributed by atoms with E-state index in [0.29, 0.717) is 0 Å². The molecule has 0 saturated heterocycles. The molecule has 5 nitrogen and oxygen atoms in total. The van der Waals surface area contributed by atoms with Crippen LogP contribution in [0.4, 0.5) is 0 Å². The average Bonchev–Trinajstić information content (AvgIpc) is 1.92. The summed E-state index contributed by atoms with van der Waals surface area (Å²) in [5.74, 6) is -0.899. The van der Waals surface area contributed by atoms with Crippen LogP contribution in [0.3, 0.4) is 0 Å².